The van der Waals surface area contributed by atoms with Crippen LogP contribution in [-0.4, -0.2) is 29.8 Å². The first-order chi connectivity index (χ1) is 4.59. The van der Waals surface area contributed by atoms with Crippen LogP contribution in [0.2, 0.25) is 0 Å². The fourth-order valence-corrected chi connectivity index (χ4v) is 1.04. The van der Waals surface area contributed by atoms with Gasteiger partial charge in [0.1, 0.15) is 0 Å². The van der Waals surface area contributed by atoms with Gasteiger partial charge in [0, 0.05) is 12.1 Å². The van der Waals surface area contributed by atoms with Crippen LogP contribution in [0.1, 0.15) is 27.7 Å². The molecule has 0 aliphatic rings. The summed E-state index contributed by atoms with van der Waals surface area (Å²) in [6.07, 6.45) is 1.91. The highest BCUT2D eigenvalue weighted by atomic mass is 16.1. The van der Waals surface area contributed by atoms with Crippen LogP contribution in [0.4, 0.5) is 0 Å². The maximum absolute atomic E-state index is 10.1. The van der Waals surface area contributed by atoms with Gasteiger partial charge in [-0.1, -0.05) is 0 Å². The molecule has 0 aliphatic heterocycles. The van der Waals surface area contributed by atoms with Gasteiger partial charge in [0.2, 0.25) is 6.29 Å². The lowest BCUT2D eigenvalue weighted by Gasteiger charge is -2.27. The van der Waals surface area contributed by atoms with E-state index in [9.17, 15) is 4.79 Å². The summed E-state index contributed by atoms with van der Waals surface area (Å²) in [5.41, 5.74) is 0. The van der Waals surface area contributed by atoms with E-state index in [2.05, 4.69) is 32.6 Å². The molecule has 0 saturated carbocycles. The second-order valence-electron chi connectivity index (χ2n) is 3.00. The zero-order chi connectivity index (χ0) is 8.15. The molecule has 0 bridgehead atoms. The van der Waals surface area contributed by atoms with Gasteiger partial charge in [-0.05, 0) is 27.7 Å². The minimum atomic E-state index is 0.426. The smallest absolute Gasteiger partial charge is 0.213 e. The SMILES string of the molecule is CC(C)N(C[C]=O)C(C)C. The quantitative estimate of drug-likeness (QED) is 0.588. The van der Waals surface area contributed by atoms with Gasteiger partial charge in [-0.3, -0.25) is 9.69 Å². The molecule has 0 N–H and O–H groups in total. The predicted octanol–water partition coefficient (Wildman–Crippen LogP) is 1.21. The van der Waals surface area contributed by atoms with Crippen LogP contribution in [0.5, 0.6) is 0 Å². The van der Waals surface area contributed by atoms with Crippen molar-refractivity contribution in [2.45, 2.75) is 39.8 Å². The number of rotatable bonds is 4. The molecule has 1 radical (unpaired) electrons. The zero-order valence-corrected chi connectivity index (χ0v) is 7.22. The third-order valence-electron chi connectivity index (χ3n) is 1.57. The molecule has 0 heterocycles. The first kappa shape index (κ1) is 9.63. The van der Waals surface area contributed by atoms with Gasteiger partial charge in [-0.2, -0.15) is 0 Å². The molecular formula is C8H16NO. The summed E-state index contributed by atoms with van der Waals surface area (Å²) in [6.45, 7) is 8.75. The summed E-state index contributed by atoms with van der Waals surface area (Å²) in [6, 6.07) is 0.864. The van der Waals surface area contributed by atoms with Gasteiger partial charge >= 0.3 is 0 Å². The Kier molecular flexibility index (Phi) is 4.28. The summed E-state index contributed by atoms with van der Waals surface area (Å²) in [4.78, 5) is 12.1. The Hall–Kier alpha value is -0.370. The van der Waals surface area contributed by atoms with E-state index in [0.29, 0.717) is 18.6 Å². The van der Waals surface area contributed by atoms with Crippen LogP contribution in [-0.2, 0) is 4.79 Å². The third kappa shape index (κ3) is 2.97. The predicted molar refractivity (Wildman–Crippen MR) is 42.7 cm³/mol. The topological polar surface area (TPSA) is 20.3 Å². The second-order valence-corrected chi connectivity index (χ2v) is 3.00. The first-order valence-electron chi connectivity index (χ1n) is 3.70. The molecule has 0 spiro atoms. The van der Waals surface area contributed by atoms with Crippen molar-refractivity contribution in [2.75, 3.05) is 6.54 Å². The number of hydrogen-bond donors (Lipinski definition) is 0. The molecule has 0 aliphatic carbocycles. The van der Waals surface area contributed by atoms with E-state index in [4.69, 9.17) is 0 Å². The van der Waals surface area contributed by atoms with Crippen molar-refractivity contribution < 1.29 is 4.79 Å². The van der Waals surface area contributed by atoms with Crippen LogP contribution in [0.3, 0.4) is 0 Å². The largest absolute Gasteiger partial charge is 0.291 e. The fourth-order valence-electron chi connectivity index (χ4n) is 1.04. The normalized spacial score (nSPS) is 11.5. The number of nitrogens with zero attached hydrogens (tertiary/aromatic N) is 1. The minimum Gasteiger partial charge on any atom is -0.291 e. The van der Waals surface area contributed by atoms with Crippen LogP contribution in [0.25, 0.3) is 0 Å². The van der Waals surface area contributed by atoms with E-state index in [1.807, 2.05) is 6.29 Å². The van der Waals surface area contributed by atoms with Crippen molar-refractivity contribution >= 4 is 6.29 Å². The second kappa shape index (κ2) is 4.45. The maximum Gasteiger partial charge on any atom is 0.213 e. The van der Waals surface area contributed by atoms with Crippen molar-refractivity contribution in [2.24, 2.45) is 0 Å². The molecule has 0 saturated heterocycles. The van der Waals surface area contributed by atoms with Gasteiger partial charge in [-0.15, -0.1) is 0 Å². The molecule has 59 valence electrons. The van der Waals surface area contributed by atoms with Crippen LogP contribution in [0.15, 0.2) is 0 Å². The van der Waals surface area contributed by atoms with Crippen LogP contribution < -0.4 is 0 Å². The average molecular weight is 142 g/mol. The lowest BCUT2D eigenvalue weighted by Crippen LogP contribution is -2.38. The Bertz CT molecular complexity index is 91.4. The molecule has 0 fully saturated rings. The highest BCUT2D eigenvalue weighted by molar-refractivity contribution is 5.53. The number of carbonyl (C=O) groups excluding carboxylic acids is 1. The monoisotopic (exact) mass is 142 g/mol. The molecule has 0 aromatic rings. The number of hydrogen-bond acceptors (Lipinski definition) is 2. The molecule has 2 nitrogen and oxygen atoms in total. The minimum absolute atomic E-state index is 0.426. The lowest BCUT2D eigenvalue weighted by atomic mass is 10.2. The molecule has 0 aromatic carbocycles. The highest BCUT2D eigenvalue weighted by Crippen LogP contribution is 2.01. The van der Waals surface area contributed by atoms with Crippen molar-refractivity contribution in [1.29, 1.82) is 0 Å². The summed E-state index contributed by atoms with van der Waals surface area (Å²) in [5, 5.41) is 0. The molecule has 2 heteroatoms. The van der Waals surface area contributed by atoms with Crippen LogP contribution >= 0.6 is 0 Å². The summed E-state index contributed by atoms with van der Waals surface area (Å²) in [5.74, 6) is 0. The van der Waals surface area contributed by atoms with E-state index in [1.54, 1.807) is 0 Å². The van der Waals surface area contributed by atoms with Gasteiger partial charge in [0.05, 0.1) is 6.54 Å². The Morgan fingerprint density at radius 1 is 1.20 bits per heavy atom. The Labute approximate surface area is 63.2 Å². The van der Waals surface area contributed by atoms with Crippen LogP contribution in [0, 0.1) is 0 Å². The Morgan fingerprint density at radius 3 is 1.70 bits per heavy atom. The molecule has 10 heavy (non-hydrogen) atoms. The average Bonchev–Trinajstić information content (AvgIpc) is 1.81. The Balaban J connectivity index is 3.84. The van der Waals surface area contributed by atoms with Gasteiger partial charge in [-0.25, -0.2) is 0 Å². The highest BCUT2D eigenvalue weighted by Gasteiger charge is 2.11. The van der Waals surface area contributed by atoms with Crippen molar-refractivity contribution in [3.05, 3.63) is 0 Å². The van der Waals surface area contributed by atoms with Gasteiger partial charge in [0.25, 0.3) is 0 Å². The molecule has 0 rings (SSSR count). The Morgan fingerprint density at radius 2 is 1.60 bits per heavy atom. The van der Waals surface area contributed by atoms with E-state index < -0.39 is 0 Å². The first-order valence-corrected chi connectivity index (χ1v) is 3.70. The summed E-state index contributed by atoms with van der Waals surface area (Å²) >= 11 is 0. The lowest BCUT2D eigenvalue weighted by molar-refractivity contribution is 0.201. The van der Waals surface area contributed by atoms with Gasteiger partial charge in [0.15, 0.2) is 0 Å². The standard InChI is InChI=1S/C8H16NO/c1-7(2)9(5-6-10)8(3)4/h7-8H,5H2,1-4H3. The van der Waals surface area contributed by atoms with Crippen molar-refractivity contribution in [3.63, 3.8) is 0 Å². The zero-order valence-electron chi connectivity index (χ0n) is 7.22. The van der Waals surface area contributed by atoms with E-state index in [0.717, 1.165) is 0 Å². The molecule has 0 aromatic heterocycles. The molecule has 0 atom stereocenters. The van der Waals surface area contributed by atoms with Gasteiger partial charge < -0.3 is 0 Å². The van der Waals surface area contributed by atoms with E-state index in [-0.39, 0.29) is 0 Å². The summed E-state index contributed by atoms with van der Waals surface area (Å²) < 4.78 is 0. The van der Waals surface area contributed by atoms with Crippen molar-refractivity contribution in [3.8, 4) is 0 Å². The van der Waals surface area contributed by atoms with Crippen molar-refractivity contribution in [1.82, 2.24) is 4.90 Å². The molecule has 0 amide bonds. The summed E-state index contributed by atoms with van der Waals surface area (Å²) in [7, 11) is 0. The molecular weight excluding hydrogens is 126 g/mol. The molecule has 0 unspecified atom stereocenters. The maximum atomic E-state index is 10.1. The third-order valence-corrected chi connectivity index (χ3v) is 1.57. The van der Waals surface area contributed by atoms with E-state index >= 15 is 0 Å². The van der Waals surface area contributed by atoms with E-state index in [1.165, 1.54) is 0 Å². The fraction of sp³-hybridized carbons (Fsp3) is 0.875.